The number of Topliss-reactive ketones (excluding diaryl/α,β-unsaturated/α-hetero) is 1. The van der Waals surface area contributed by atoms with Gasteiger partial charge in [-0.2, -0.15) is 0 Å². The zero-order valence-corrected chi connectivity index (χ0v) is 10.6. The van der Waals surface area contributed by atoms with E-state index < -0.39 is 6.10 Å². The lowest BCUT2D eigenvalue weighted by Gasteiger charge is -2.14. The van der Waals surface area contributed by atoms with Crippen LogP contribution in [0.4, 0.5) is 5.69 Å². The van der Waals surface area contributed by atoms with Crippen LogP contribution < -0.4 is 10.1 Å². The lowest BCUT2D eigenvalue weighted by atomic mass is 10.1. The molecule has 1 aromatic rings. The van der Waals surface area contributed by atoms with Crippen LogP contribution in [0.5, 0.6) is 5.75 Å². The van der Waals surface area contributed by atoms with Crippen LogP contribution in [0, 0.1) is 0 Å². The summed E-state index contributed by atoms with van der Waals surface area (Å²) in [5, 5.41) is 12.4. The number of ether oxygens (including phenoxy) is 1. The van der Waals surface area contributed by atoms with Crippen LogP contribution in [-0.4, -0.2) is 36.5 Å². The summed E-state index contributed by atoms with van der Waals surface area (Å²) in [6.07, 6.45) is -0.637. The minimum Gasteiger partial charge on any atom is -0.495 e. The molecule has 1 aromatic carbocycles. The molecule has 0 heterocycles. The first-order valence-corrected chi connectivity index (χ1v) is 5.78. The van der Waals surface area contributed by atoms with E-state index in [0.29, 0.717) is 23.5 Å². The fraction of sp³-hybridized carbons (Fsp3) is 0.417. The molecule has 17 heavy (non-hydrogen) atoms. The Balaban J connectivity index is 2.86. The highest BCUT2D eigenvalue weighted by molar-refractivity contribution is 6.18. The van der Waals surface area contributed by atoms with Crippen LogP contribution in [0.3, 0.4) is 0 Å². The molecular formula is C12H16ClNO3. The zero-order valence-electron chi connectivity index (χ0n) is 9.87. The van der Waals surface area contributed by atoms with Gasteiger partial charge in [0.15, 0.2) is 5.78 Å². The Morgan fingerprint density at radius 2 is 2.29 bits per heavy atom. The van der Waals surface area contributed by atoms with E-state index in [4.69, 9.17) is 16.3 Å². The Kier molecular flexibility index (Phi) is 5.25. The van der Waals surface area contributed by atoms with Crippen LogP contribution in [-0.2, 0) is 0 Å². The fourth-order valence-corrected chi connectivity index (χ4v) is 1.46. The van der Waals surface area contributed by atoms with Gasteiger partial charge < -0.3 is 15.2 Å². The van der Waals surface area contributed by atoms with Gasteiger partial charge in [-0.15, -0.1) is 11.6 Å². The van der Waals surface area contributed by atoms with Crippen molar-refractivity contribution in [3.8, 4) is 5.75 Å². The van der Waals surface area contributed by atoms with Gasteiger partial charge in [-0.1, -0.05) is 0 Å². The van der Waals surface area contributed by atoms with Gasteiger partial charge in [0.05, 0.1) is 24.8 Å². The third kappa shape index (κ3) is 3.91. The summed E-state index contributed by atoms with van der Waals surface area (Å²) in [5.41, 5.74) is 1.26. The Labute approximate surface area is 106 Å². The maximum atomic E-state index is 11.3. The van der Waals surface area contributed by atoms with Crippen molar-refractivity contribution in [2.45, 2.75) is 13.0 Å². The first-order valence-electron chi connectivity index (χ1n) is 5.25. The lowest BCUT2D eigenvalue weighted by Crippen LogP contribution is -2.21. The highest BCUT2D eigenvalue weighted by Crippen LogP contribution is 2.25. The molecule has 0 saturated heterocycles. The predicted octanol–water partition coefficient (Wildman–Crippen LogP) is 1.91. The minimum absolute atomic E-state index is 0.0198. The Morgan fingerprint density at radius 3 is 2.82 bits per heavy atom. The van der Waals surface area contributed by atoms with Crippen LogP contribution in [0.25, 0.3) is 0 Å². The predicted molar refractivity (Wildman–Crippen MR) is 68.2 cm³/mol. The number of halogens is 1. The van der Waals surface area contributed by atoms with Gasteiger partial charge in [0.1, 0.15) is 5.75 Å². The summed E-state index contributed by atoms with van der Waals surface area (Å²) in [6, 6.07) is 5.11. The standard InChI is InChI=1S/C12H16ClNO3/c1-8(15)9-3-4-12(17-2)11(5-9)14-7-10(16)6-13/h3-5,10,14,16H,6-7H2,1-2H3. The van der Waals surface area contributed by atoms with E-state index in [0.717, 1.165) is 0 Å². The summed E-state index contributed by atoms with van der Waals surface area (Å²) < 4.78 is 5.16. The van der Waals surface area contributed by atoms with Crippen molar-refractivity contribution in [3.05, 3.63) is 23.8 Å². The van der Waals surface area contributed by atoms with Crippen LogP contribution in [0.1, 0.15) is 17.3 Å². The SMILES string of the molecule is COc1ccc(C(C)=O)cc1NCC(O)CCl. The third-order valence-electron chi connectivity index (χ3n) is 2.31. The normalized spacial score (nSPS) is 12.0. The average Bonchev–Trinajstić information content (AvgIpc) is 2.35. The average molecular weight is 258 g/mol. The number of ketones is 1. The first kappa shape index (κ1) is 13.8. The first-order chi connectivity index (χ1) is 8.08. The third-order valence-corrected chi connectivity index (χ3v) is 2.67. The summed E-state index contributed by atoms with van der Waals surface area (Å²) in [5.74, 6) is 0.757. The van der Waals surface area contributed by atoms with E-state index in [1.54, 1.807) is 25.3 Å². The van der Waals surface area contributed by atoms with E-state index >= 15 is 0 Å². The second kappa shape index (κ2) is 6.47. The van der Waals surface area contributed by atoms with Crippen molar-refractivity contribution in [2.24, 2.45) is 0 Å². The maximum absolute atomic E-state index is 11.3. The molecule has 0 aliphatic heterocycles. The van der Waals surface area contributed by atoms with E-state index in [-0.39, 0.29) is 11.7 Å². The molecule has 2 N–H and O–H groups in total. The van der Waals surface area contributed by atoms with E-state index in [2.05, 4.69) is 5.32 Å². The molecule has 0 aromatic heterocycles. The van der Waals surface area contributed by atoms with Gasteiger partial charge in [-0.05, 0) is 25.1 Å². The topological polar surface area (TPSA) is 58.6 Å². The van der Waals surface area contributed by atoms with Gasteiger partial charge in [0.25, 0.3) is 0 Å². The molecule has 0 aliphatic rings. The molecule has 0 fully saturated rings. The van der Waals surface area contributed by atoms with Crippen molar-refractivity contribution in [1.82, 2.24) is 0 Å². The van der Waals surface area contributed by atoms with E-state index in [1.165, 1.54) is 6.92 Å². The number of carbonyl (C=O) groups is 1. The van der Waals surface area contributed by atoms with Crippen molar-refractivity contribution in [1.29, 1.82) is 0 Å². The molecule has 4 nitrogen and oxygen atoms in total. The molecule has 1 atom stereocenters. The summed E-state index contributed by atoms with van der Waals surface area (Å²) in [6.45, 7) is 1.81. The fourth-order valence-electron chi connectivity index (χ4n) is 1.35. The number of alkyl halides is 1. The largest absolute Gasteiger partial charge is 0.495 e. The van der Waals surface area contributed by atoms with Gasteiger partial charge in [-0.25, -0.2) is 0 Å². The van der Waals surface area contributed by atoms with Crippen LogP contribution in [0.2, 0.25) is 0 Å². The molecule has 0 bridgehead atoms. The van der Waals surface area contributed by atoms with E-state index in [1.807, 2.05) is 0 Å². The molecule has 0 radical (unpaired) electrons. The van der Waals surface area contributed by atoms with Crippen molar-refractivity contribution < 1.29 is 14.6 Å². The molecule has 0 saturated carbocycles. The number of methoxy groups -OCH3 is 1. The summed E-state index contributed by atoms with van der Waals surface area (Å²) in [7, 11) is 1.55. The summed E-state index contributed by atoms with van der Waals surface area (Å²) in [4.78, 5) is 11.3. The maximum Gasteiger partial charge on any atom is 0.159 e. The Hall–Kier alpha value is -1.26. The monoisotopic (exact) mass is 257 g/mol. The Morgan fingerprint density at radius 1 is 1.59 bits per heavy atom. The second-order valence-corrected chi connectivity index (χ2v) is 3.97. The number of nitrogens with one attached hydrogen (secondary N) is 1. The molecular weight excluding hydrogens is 242 g/mol. The number of rotatable bonds is 6. The van der Waals surface area contributed by atoms with Gasteiger partial charge in [0.2, 0.25) is 0 Å². The van der Waals surface area contributed by atoms with Gasteiger partial charge in [0, 0.05) is 12.1 Å². The lowest BCUT2D eigenvalue weighted by molar-refractivity contribution is 0.101. The Bertz CT molecular complexity index is 395. The quantitative estimate of drug-likeness (QED) is 0.604. The highest BCUT2D eigenvalue weighted by atomic mass is 35.5. The molecule has 5 heteroatoms. The molecule has 1 rings (SSSR count). The number of benzene rings is 1. The smallest absolute Gasteiger partial charge is 0.159 e. The number of aliphatic hydroxyl groups excluding tert-OH is 1. The number of hydrogen-bond donors (Lipinski definition) is 2. The molecule has 0 spiro atoms. The number of hydrogen-bond acceptors (Lipinski definition) is 4. The molecule has 94 valence electrons. The minimum atomic E-state index is -0.637. The second-order valence-electron chi connectivity index (χ2n) is 3.66. The van der Waals surface area contributed by atoms with Crippen molar-refractivity contribution >= 4 is 23.1 Å². The number of carbonyl (C=O) groups excluding carboxylic acids is 1. The molecule has 1 unspecified atom stereocenters. The van der Waals surface area contributed by atoms with Crippen LogP contribution in [0.15, 0.2) is 18.2 Å². The summed E-state index contributed by atoms with van der Waals surface area (Å²) >= 11 is 5.50. The zero-order chi connectivity index (χ0) is 12.8. The van der Waals surface area contributed by atoms with Gasteiger partial charge >= 0.3 is 0 Å². The van der Waals surface area contributed by atoms with Gasteiger partial charge in [-0.3, -0.25) is 4.79 Å². The molecule has 0 aliphatic carbocycles. The van der Waals surface area contributed by atoms with Crippen molar-refractivity contribution in [3.63, 3.8) is 0 Å². The number of anilines is 1. The molecule has 0 amide bonds. The highest BCUT2D eigenvalue weighted by Gasteiger charge is 2.08. The van der Waals surface area contributed by atoms with Crippen molar-refractivity contribution in [2.75, 3.05) is 24.9 Å². The number of aliphatic hydroxyl groups is 1. The van der Waals surface area contributed by atoms with Crippen LogP contribution >= 0.6 is 11.6 Å². The van der Waals surface area contributed by atoms with E-state index in [9.17, 15) is 9.90 Å².